The molecule has 4 unspecified atom stereocenters. The number of nitrogens with one attached hydrogen (secondary N) is 1. The van der Waals surface area contributed by atoms with Crippen LogP contribution in [0.25, 0.3) is 0 Å². The molecule has 2 aromatic rings. The second kappa shape index (κ2) is 8.42. The van der Waals surface area contributed by atoms with Crippen molar-refractivity contribution in [1.82, 2.24) is 4.98 Å². The van der Waals surface area contributed by atoms with Gasteiger partial charge in [-0.05, 0) is 103 Å². The quantitative estimate of drug-likeness (QED) is 0.617. The summed E-state index contributed by atoms with van der Waals surface area (Å²) in [5.41, 5.74) is 2.70. The highest BCUT2D eigenvalue weighted by molar-refractivity contribution is 6.30. The predicted molar refractivity (Wildman–Crippen MR) is 123 cm³/mol. The van der Waals surface area contributed by atoms with Gasteiger partial charge in [-0.15, -0.1) is 0 Å². The first-order valence-corrected chi connectivity index (χ1v) is 12.1. The number of halogens is 2. The van der Waals surface area contributed by atoms with Crippen LogP contribution in [-0.4, -0.2) is 22.1 Å². The minimum Gasteiger partial charge on any atom is -0.393 e. The lowest BCUT2D eigenvalue weighted by atomic mass is 9.54. The molecule has 0 spiro atoms. The Morgan fingerprint density at radius 2 is 2.19 bits per heavy atom. The van der Waals surface area contributed by atoms with E-state index in [-0.39, 0.29) is 29.2 Å². The Labute approximate surface area is 193 Å². The Bertz CT molecular complexity index is 1030. The summed E-state index contributed by atoms with van der Waals surface area (Å²) in [5.74, 6) is 0.922. The fourth-order valence-electron chi connectivity index (χ4n) is 7.09. The summed E-state index contributed by atoms with van der Waals surface area (Å²) in [6.07, 6.45) is 7.11. The number of aliphatic hydroxyl groups excluding tert-OH is 1. The van der Waals surface area contributed by atoms with Crippen LogP contribution in [0.15, 0.2) is 36.5 Å². The van der Waals surface area contributed by atoms with E-state index >= 15 is 0 Å². The summed E-state index contributed by atoms with van der Waals surface area (Å²) in [7, 11) is 0. The smallest absolute Gasteiger partial charge is 0.225 e. The predicted octanol–water partition coefficient (Wildman–Crippen LogP) is 5.74. The molecule has 2 fully saturated rings. The van der Waals surface area contributed by atoms with Crippen LogP contribution in [0.4, 0.5) is 10.2 Å². The normalized spacial score (nSPS) is 33.2. The summed E-state index contributed by atoms with van der Waals surface area (Å²) in [5, 5.41) is 14.4. The van der Waals surface area contributed by atoms with Crippen LogP contribution < -0.4 is 5.32 Å². The number of nitrogens with zero attached hydrogens (tertiary/aromatic N) is 1. The SMILES string of the molecule is C[C@]12CCC3c4ccc(Cl)cc4CCC3C1[C@H](CCC(=O)Nc1ncccc1F)CC2O. The van der Waals surface area contributed by atoms with Crippen molar-refractivity contribution in [2.45, 2.75) is 63.9 Å². The molecule has 1 aromatic heterocycles. The number of benzene rings is 1. The maximum atomic E-state index is 13.8. The van der Waals surface area contributed by atoms with Gasteiger partial charge in [-0.25, -0.2) is 9.37 Å². The van der Waals surface area contributed by atoms with Crippen molar-refractivity contribution < 1.29 is 14.3 Å². The summed E-state index contributed by atoms with van der Waals surface area (Å²) >= 11 is 6.25. The number of fused-ring (bicyclic) bond motifs is 5. The van der Waals surface area contributed by atoms with E-state index in [1.165, 1.54) is 29.5 Å². The third-order valence-corrected chi connectivity index (χ3v) is 8.77. The molecular weight excluding hydrogens is 427 g/mol. The minimum absolute atomic E-state index is 0.0194. The molecule has 3 aliphatic rings. The van der Waals surface area contributed by atoms with Gasteiger partial charge in [0.05, 0.1) is 6.10 Å². The van der Waals surface area contributed by atoms with Crippen LogP contribution in [0.5, 0.6) is 0 Å². The maximum Gasteiger partial charge on any atom is 0.225 e. The largest absolute Gasteiger partial charge is 0.393 e. The third kappa shape index (κ3) is 3.73. The van der Waals surface area contributed by atoms with Crippen molar-refractivity contribution in [3.05, 3.63) is 58.5 Å². The van der Waals surface area contributed by atoms with Crippen molar-refractivity contribution in [3.63, 3.8) is 0 Å². The van der Waals surface area contributed by atoms with Crippen molar-refractivity contribution in [2.75, 3.05) is 5.32 Å². The standard InChI is InChI=1S/C26H30ClFN2O2/c1-26-11-10-19-18-8-6-17(27)13-15(18)4-7-20(19)24(26)16(14-22(26)31)5-9-23(32)30-25-21(28)3-2-12-29-25/h2-3,6,8,12-13,16,19-20,22,24,31H,4-5,7,9-11,14H2,1H3,(H,29,30,32)/t16-,19?,20?,22?,24?,26-/m1/s1. The van der Waals surface area contributed by atoms with Gasteiger partial charge in [-0.2, -0.15) is 0 Å². The molecule has 0 aliphatic heterocycles. The van der Waals surface area contributed by atoms with Gasteiger partial charge in [0.15, 0.2) is 11.6 Å². The molecule has 0 saturated heterocycles. The Morgan fingerprint density at radius 3 is 3.00 bits per heavy atom. The molecular formula is C26H30ClFN2O2. The average Bonchev–Trinajstić information content (AvgIpc) is 3.03. The van der Waals surface area contributed by atoms with Crippen LogP contribution >= 0.6 is 11.6 Å². The fraction of sp³-hybridized carbons (Fsp3) is 0.538. The Balaban J connectivity index is 1.33. The van der Waals surface area contributed by atoms with Crippen LogP contribution in [0.3, 0.4) is 0 Å². The highest BCUT2D eigenvalue weighted by Gasteiger charge is 2.58. The zero-order valence-corrected chi connectivity index (χ0v) is 19.1. The van der Waals surface area contributed by atoms with E-state index in [1.54, 1.807) is 0 Å². The summed E-state index contributed by atoms with van der Waals surface area (Å²) in [6, 6.07) is 9.10. The number of pyridine rings is 1. The molecule has 0 bridgehead atoms. The molecule has 2 N–H and O–H groups in total. The van der Waals surface area contributed by atoms with E-state index in [0.29, 0.717) is 30.6 Å². The van der Waals surface area contributed by atoms with Crippen molar-refractivity contribution in [3.8, 4) is 0 Å². The van der Waals surface area contributed by atoms with Crippen LogP contribution in [0.2, 0.25) is 5.02 Å². The van der Waals surface area contributed by atoms with Crippen molar-refractivity contribution in [1.29, 1.82) is 0 Å². The number of amides is 1. The van der Waals surface area contributed by atoms with Gasteiger partial charge in [0.2, 0.25) is 5.91 Å². The van der Waals surface area contributed by atoms with Crippen LogP contribution in [0.1, 0.15) is 62.5 Å². The molecule has 2 saturated carbocycles. The number of hydrogen-bond acceptors (Lipinski definition) is 3. The lowest BCUT2D eigenvalue weighted by molar-refractivity contribution is -0.116. The van der Waals surface area contributed by atoms with E-state index in [1.807, 2.05) is 6.07 Å². The fourth-order valence-corrected chi connectivity index (χ4v) is 7.29. The minimum atomic E-state index is -0.527. The molecule has 4 nitrogen and oxygen atoms in total. The first-order chi connectivity index (χ1) is 15.4. The summed E-state index contributed by atoms with van der Waals surface area (Å²) < 4.78 is 13.8. The summed E-state index contributed by atoms with van der Waals surface area (Å²) in [6.45, 7) is 2.25. The molecule has 32 heavy (non-hydrogen) atoms. The van der Waals surface area contributed by atoms with E-state index in [0.717, 1.165) is 37.1 Å². The molecule has 1 aromatic carbocycles. The number of anilines is 1. The summed E-state index contributed by atoms with van der Waals surface area (Å²) in [4.78, 5) is 16.4. The molecule has 5 rings (SSSR count). The maximum absolute atomic E-state index is 13.8. The second-order valence-corrected chi connectivity index (χ2v) is 10.6. The number of rotatable bonds is 4. The zero-order chi connectivity index (χ0) is 22.5. The van der Waals surface area contributed by atoms with E-state index in [2.05, 4.69) is 29.4 Å². The first-order valence-electron chi connectivity index (χ1n) is 11.7. The van der Waals surface area contributed by atoms with Crippen LogP contribution in [-0.2, 0) is 11.2 Å². The van der Waals surface area contributed by atoms with E-state index < -0.39 is 5.82 Å². The number of hydrogen-bond donors (Lipinski definition) is 2. The molecule has 6 atom stereocenters. The number of aromatic nitrogens is 1. The van der Waals surface area contributed by atoms with Gasteiger partial charge in [-0.1, -0.05) is 24.6 Å². The van der Waals surface area contributed by atoms with Gasteiger partial charge in [0.25, 0.3) is 0 Å². The first kappa shape index (κ1) is 21.8. The number of carbonyl (C=O) groups is 1. The Hall–Kier alpha value is -1.98. The molecule has 3 aliphatic carbocycles. The molecule has 6 heteroatoms. The topological polar surface area (TPSA) is 62.2 Å². The molecule has 0 radical (unpaired) electrons. The van der Waals surface area contributed by atoms with Gasteiger partial charge < -0.3 is 10.4 Å². The average molecular weight is 457 g/mol. The Kier molecular flexibility index (Phi) is 5.75. The number of aryl methyl sites for hydroxylation is 1. The molecule has 1 amide bonds. The van der Waals surface area contributed by atoms with E-state index in [4.69, 9.17) is 11.6 Å². The number of aliphatic hydroxyl groups is 1. The zero-order valence-electron chi connectivity index (χ0n) is 18.4. The van der Waals surface area contributed by atoms with Crippen molar-refractivity contribution >= 4 is 23.3 Å². The van der Waals surface area contributed by atoms with Gasteiger partial charge >= 0.3 is 0 Å². The van der Waals surface area contributed by atoms with E-state index in [9.17, 15) is 14.3 Å². The second-order valence-electron chi connectivity index (χ2n) is 10.2. The van der Waals surface area contributed by atoms with Crippen molar-refractivity contribution in [2.24, 2.45) is 23.2 Å². The Morgan fingerprint density at radius 1 is 1.34 bits per heavy atom. The lowest BCUT2D eigenvalue weighted by Crippen LogP contribution is -2.45. The highest BCUT2D eigenvalue weighted by atomic mass is 35.5. The molecule has 1 heterocycles. The monoisotopic (exact) mass is 456 g/mol. The third-order valence-electron chi connectivity index (χ3n) is 8.54. The van der Waals surface area contributed by atoms with Gasteiger partial charge in [0, 0.05) is 17.6 Å². The van der Waals surface area contributed by atoms with Crippen LogP contribution in [0, 0.1) is 29.0 Å². The van der Waals surface area contributed by atoms with Gasteiger partial charge in [-0.3, -0.25) is 4.79 Å². The van der Waals surface area contributed by atoms with Gasteiger partial charge in [0.1, 0.15) is 0 Å². The lowest BCUT2D eigenvalue weighted by Gasteiger charge is -2.51. The highest BCUT2D eigenvalue weighted by Crippen LogP contribution is 2.63. The number of carbonyl (C=O) groups excluding carboxylic acids is 1. The molecule has 170 valence electrons.